The summed E-state index contributed by atoms with van der Waals surface area (Å²) in [6.07, 6.45) is 5.17. The average Bonchev–Trinajstić information content (AvgIpc) is 2.55. The molecule has 0 spiro atoms. The summed E-state index contributed by atoms with van der Waals surface area (Å²) in [5.74, 6) is 0.542. The van der Waals surface area contributed by atoms with Gasteiger partial charge in [0, 0.05) is 0 Å². The number of hydrogen-bond acceptors (Lipinski definition) is 5. The van der Waals surface area contributed by atoms with E-state index in [9.17, 15) is 4.79 Å². The number of nitrogens with zero attached hydrogens (tertiary/aromatic N) is 3. The molecule has 1 fully saturated rings. The first-order valence-electron chi connectivity index (χ1n) is 7.42. The van der Waals surface area contributed by atoms with Crippen molar-refractivity contribution in [2.45, 2.75) is 19.3 Å². The predicted octanol–water partition coefficient (Wildman–Crippen LogP) is 1.52. The Morgan fingerprint density at radius 2 is 2.05 bits per heavy atom. The molecule has 1 aliphatic heterocycles. The van der Waals surface area contributed by atoms with Crippen LogP contribution in [0.15, 0.2) is 29.4 Å². The van der Waals surface area contributed by atoms with Crippen molar-refractivity contribution >= 4 is 12.1 Å². The molecule has 22 heavy (non-hydrogen) atoms. The summed E-state index contributed by atoms with van der Waals surface area (Å²) in [5.41, 5.74) is 3.39. The van der Waals surface area contributed by atoms with Gasteiger partial charge in [0.1, 0.15) is 11.8 Å². The first-order chi connectivity index (χ1) is 10.8. The molecular weight excluding hydrogens is 280 g/mol. The minimum absolute atomic E-state index is 0.0278. The largest absolute Gasteiger partial charge is 0.479 e. The molecule has 0 radical (unpaired) electrons. The second kappa shape index (κ2) is 8.80. The lowest BCUT2D eigenvalue weighted by atomic mass is 10.1. The van der Waals surface area contributed by atoms with Crippen LogP contribution < -0.4 is 10.2 Å². The van der Waals surface area contributed by atoms with Gasteiger partial charge in [-0.05, 0) is 55.8 Å². The normalized spacial score (nSPS) is 15.4. The van der Waals surface area contributed by atoms with E-state index in [1.54, 1.807) is 18.3 Å². The number of hydrazone groups is 1. The number of benzene rings is 1. The number of carbonyl (C=O) groups is 1. The molecule has 6 heteroatoms. The van der Waals surface area contributed by atoms with Crippen molar-refractivity contribution in [1.29, 1.82) is 5.26 Å². The maximum absolute atomic E-state index is 11.8. The highest BCUT2D eigenvalue weighted by atomic mass is 16.5. The van der Waals surface area contributed by atoms with Crippen LogP contribution in [-0.2, 0) is 4.79 Å². The average molecular weight is 300 g/mol. The van der Waals surface area contributed by atoms with Crippen LogP contribution >= 0.6 is 0 Å². The number of nitrogens with one attached hydrogen (secondary N) is 1. The Morgan fingerprint density at radius 3 is 2.73 bits per heavy atom. The number of hydrogen-bond donors (Lipinski definition) is 1. The fraction of sp³-hybridized carbons (Fsp3) is 0.438. The second-order valence-electron chi connectivity index (χ2n) is 5.15. The van der Waals surface area contributed by atoms with Crippen molar-refractivity contribution < 1.29 is 9.53 Å². The highest BCUT2D eigenvalue weighted by Crippen LogP contribution is 2.10. The predicted molar refractivity (Wildman–Crippen MR) is 83.6 cm³/mol. The van der Waals surface area contributed by atoms with Gasteiger partial charge >= 0.3 is 0 Å². The van der Waals surface area contributed by atoms with Crippen LogP contribution in [0.1, 0.15) is 24.8 Å². The molecule has 0 aromatic heterocycles. The minimum Gasteiger partial charge on any atom is -0.479 e. The molecule has 116 valence electrons. The molecule has 1 aliphatic rings. The molecule has 1 aromatic rings. The quantitative estimate of drug-likeness (QED) is 0.638. The van der Waals surface area contributed by atoms with Gasteiger partial charge in [0.25, 0.3) is 5.91 Å². The summed E-state index contributed by atoms with van der Waals surface area (Å²) in [7, 11) is 0. The fourth-order valence-electron chi connectivity index (χ4n) is 2.30. The third kappa shape index (κ3) is 5.54. The number of ether oxygens (including phenoxy) is 1. The van der Waals surface area contributed by atoms with E-state index < -0.39 is 0 Å². The number of carbonyl (C=O) groups excluding carboxylic acids is 1. The molecule has 0 aliphatic carbocycles. The highest BCUT2D eigenvalue weighted by molar-refractivity contribution is 5.83. The van der Waals surface area contributed by atoms with Crippen molar-refractivity contribution in [3.8, 4) is 11.8 Å². The lowest BCUT2D eigenvalue weighted by Crippen LogP contribution is -2.38. The highest BCUT2D eigenvalue weighted by Gasteiger charge is 2.12. The number of rotatable bonds is 6. The zero-order chi connectivity index (χ0) is 15.6. The van der Waals surface area contributed by atoms with Crippen molar-refractivity contribution in [1.82, 2.24) is 10.3 Å². The Bertz CT molecular complexity index is 542. The molecule has 0 unspecified atom stereocenters. The molecule has 0 bridgehead atoms. The van der Waals surface area contributed by atoms with E-state index in [1.807, 2.05) is 18.2 Å². The molecule has 1 aromatic carbocycles. The lowest BCUT2D eigenvalue weighted by Gasteiger charge is -2.25. The monoisotopic (exact) mass is 300 g/mol. The summed E-state index contributed by atoms with van der Waals surface area (Å²) in [6.45, 7) is 2.40. The second-order valence-corrected chi connectivity index (χ2v) is 5.15. The molecular formula is C16H20N4O2. The molecule has 0 saturated carbocycles. The van der Waals surface area contributed by atoms with E-state index in [4.69, 9.17) is 10.00 Å². The Morgan fingerprint density at radius 1 is 1.32 bits per heavy atom. The minimum atomic E-state index is -0.0906. The third-order valence-electron chi connectivity index (χ3n) is 3.40. The summed E-state index contributed by atoms with van der Waals surface area (Å²) >= 11 is 0. The Hall–Kier alpha value is -2.39. The van der Waals surface area contributed by atoms with Gasteiger partial charge in [0.15, 0.2) is 6.61 Å². The van der Waals surface area contributed by atoms with Crippen LogP contribution in [0.4, 0.5) is 0 Å². The SMILES string of the molecule is N#CCOc1ccc(/C=N\NC(=O)CN2CCCCC2)cc1. The van der Waals surface area contributed by atoms with Crippen LogP contribution in [0.25, 0.3) is 0 Å². The van der Waals surface area contributed by atoms with Crippen molar-refractivity contribution in [3.63, 3.8) is 0 Å². The van der Waals surface area contributed by atoms with Gasteiger partial charge in [-0.2, -0.15) is 10.4 Å². The van der Waals surface area contributed by atoms with E-state index in [-0.39, 0.29) is 12.5 Å². The van der Waals surface area contributed by atoms with Crippen LogP contribution in [0.3, 0.4) is 0 Å². The van der Waals surface area contributed by atoms with Gasteiger partial charge in [0.2, 0.25) is 0 Å². The number of likely N-dealkylation sites (tertiary alicyclic amines) is 1. The topological polar surface area (TPSA) is 77.7 Å². The summed E-state index contributed by atoms with van der Waals surface area (Å²) in [5, 5.41) is 12.4. The van der Waals surface area contributed by atoms with Crippen molar-refractivity contribution in [2.24, 2.45) is 5.10 Å². The van der Waals surface area contributed by atoms with Crippen LogP contribution in [-0.4, -0.2) is 43.3 Å². The van der Waals surface area contributed by atoms with Crippen LogP contribution in [0.5, 0.6) is 5.75 Å². The number of amides is 1. The van der Waals surface area contributed by atoms with E-state index >= 15 is 0 Å². The number of nitriles is 1. The van der Waals surface area contributed by atoms with E-state index in [1.165, 1.54) is 6.42 Å². The first kappa shape index (κ1) is 16.0. The van der Waals surface area contributed by atoms with Gasteiger partial charge in [0.05, 0.1) is 12.8 Å². The van der Waals surface area contributed by atoms with Gasteiger partial charge in [-0.1, -0.05) is 6.42 Å². The Balaban J connectivity index is 1.74. The molecule has 1 amide bonds. The van der Waals surface area contributed by atoms with Crippen LogP contribution in [0.2, 0.25) is 0 Å². The maximum atomic E-state index is 11.8. The molecule has 1 heterocycles. The summed E-state index contributed by atoms with van der Waals surface area (Å²) in [4.78, 5) is 13.9. The van der Waals surface area contributed by atoms with Crippen molar-refractivity contribution in [2.75, 3.05) is 26.2 Å². The van der Waals surface area contributed by atoms with E-state index in [2.05, 4.69) is 15.4 Å². The van der Waals surface area contributed by atoms with Gasteiger partial charge in [-0.25, -0.2) is 5.43 Å². The maximum Gasteiger partial charge on any atom is 0.254 e. The smallest absolute Gasteiger partial charge is 0.254 e. The summed E-state index contributed by atoms with van der Waals surface area (Å²) < 4.78 is 5.16. The molecule has 0 atom stereocenters. The van der Waals surface area contributed by atoms with Gasteiger partial charge < -0.3 is 4.74 Å². The third-order valence-corrected chi connectivity index (χ3v) is 3.40. The molecule has 2 rings (SSSR count). The lowest BCUT2D eigenvalue weighted by molar-refractivity contribution is -0.122. The summed E-state index contributed by atoms with van der Waals surface area (Å²) in [6, 6.07) is 9.05. The van der Waals surface area contributed by atoms with E-state index in [0.29, 0.717) is 12.3 Å². The zero-order valence-corrected chi connectivity index (χ0v) is 12.5. The number of piperidine rings is 1. The Kier molecular flexibility index (Phi) is 6.39. The van der Waals surface area contributed by atoms with Gasteiger partial charge in [-0.3, -0.25) is 9.69 Å². The van der Waals surface area contributed by atoms with Crippen LogP contribution in [0, 0.1) is 11.3 Å². The van der Waals surface area contributed by atoms with Gasteiger partial charge in [-0.15, -0.1) is 0 Å². The Labute approximate surface area is 130 Å². The molecule has 1 N–H and O–H groups in total. The molecule has 6 nitrogen and oxygen atoms in total. The standard InChI is InChI=1S/C16H20N4O2/c17-8-11-22-15-6-4-14(5-7-15)12-18-19-16(21)13-20-9-2-1-3-10-20/h4-7,12H,1-3,9-11,13H2,(H,19,21)/b18-12-. The molecule has 1 saturated heterocycles. The first-order valence-corrected chi connectivity index (χ1v) is 7.42. The zero-order valence-electron chi connectivity index (χ0n) is 12.5. The van der Waals surface area contributed by atoms with E-state index in [0.717, 1.165) is 31.5 Å². The fourth-order valence-corrected chi connectivity index (χ4v) is 2.30. The van der Waals surface area contributed by atoms with Crippen molar-refractivity contribution in [3.05, 3.63) is 29.8 Å².